The van der Waals surface area contributed by atoms with Gasteiger partial charge in [-0.1, -0.05) is 6.07 Å². The maximum absolute atomic E-state index is 5.13. The van der Waals surface area contributed by atoms with Gasteiger partial charge in [0.25, 0.3) is 0 Å². The van der Waals surface area contributed by atoms with Gasteiger partial charge in [-0.3, -0.25) is 0 Å². The third-order valence-corrected chi connectivity index (χ3v) is 1.59. The molecule has 1 radical (unpaired) electrons. The smallest absolute Gasteiger partial charge is 0.183 e. The average Bonchev–Trinajstić information content (AvgIpc) is 2.16. The molecule has 0 aliphatic carbocycles. The maximum Gasteiger partial charge on any atom is 0.183 e. The number of anilines is 1. The molecule has 0 saturated heterocycles. The fraction of sp³-hybridized carbons (Fsp3) is 0.222. The summed E-state index contributed by atoms with van der Waals surface area (Å²) in [5.74, 6) is 1.38. The van der Waals surface area contributed by atoms with Crippen LogP contribution >= 0.6 is 0 Å². The molecule has 0 fully saturated rings. The van der Waals surface area contributed by atoms with E-state index in [1.54, 1.807) is 14.2 Å². The Balaban J connectivity index is 3.13. The lowest BCUT2D eigenvalue weighted by Crippen LogP contribution is -1.94. The molecule has 1 aromatic carbocycles. The van der Waals surface area contributed by atoms with E-state index in [2.05, 4.69) is 12.4 Å². The van der Waals surface area contributed by atoms with Crippen LogP contribution in [0.1, 0.15) is 0 Å². The molecule has 0 amide bonds. The van der Waals surface area contributed by atoms with Crippen LogP contribution in [0, 0.1) is 7.05 Å². The maximum atomic E-state index is 5.13. The van der Waals surface area contributed by atoms with Gasteiger partial charge in [-0.15, -0.1) is 0 Å². The van der Waals surface area contributed by atoms with Crippen molar-refractivity contribution in [1.29, 1.82) is 0 Å². The first-order chi connectivity index (χ1) is 5.83. The molecule has 1 aromatic rings. The molecule has 3 heteroatoms. The second kappa shape index (κ2) is 3.85. The molecule has 0 bridgehead atoms. The summed E-state index contributed by atoms with van der Waals surface area (Å²) in [6.07, 6.45) is 0. The number of benzene rings is 1. The van der Waals surface area contributed by atoms with Crippen molar-refractivity contribution in [2.75, 3.05) is 19.5 Å². The molecule has 0 aromatic heterocycles. The highest BCUT2D eigenvalue weighted by atomic mass is 16.5. The third-order valence-electron chi connectivity index (χ3n) is 1.59. The van der Waals surface area contributed by atoms with Crippen LogP contribution in [0.25, 0.3) is 0 Å². The van der Waals surface area contributed by atoms with Crippen LogP contribution in [0.2, 0.25) is 0 Å². The van der Waals surface area contributed by atoms with Gasteiger partial charge in [0.1, 0.15) is 0 Å². The van der Waals surface area contributed by atoms with E-state index in [0.29, 0.717) is 11.5 Å². The first-order valence-electron chi connectivity index (χ1n) is 3.57. The standard InChI is InChI=1S/C9H12NO2/c1-10-7-5-4-6-8(11-2)9(7)12-3/h4-6,10H,1H2,2-3H3. The highest BCUT2D eigenvalue weighted by Crippen LogP contribution is 2.34. The van der Waals surface area contributed by atoms with Gasteiger partial charge in [0.2, 0.25) is 0 Å². The van der Waals surface area contributed by atoms with Crippen LogP contribution < -0.4 is 14.8 Å². The monoisotopic (exact) mass is 166 g/mol. The highest BCUT2D eigenvalue weighted by Gasteiger charge is 2.06. The Hall–Kier alpha value is -1.38. The quantitative estimate of drug-likeness (QED) is 0.744. The average molecular weight is 166 g/mol. The molecule has 0 heterocycles. The van der Waals surface area contributed by atoms with E-state index in [0.717, 1.165) is 5.69 Å². The molecule has 12 heavy (non-hydrogen) atoms. The Kier molecular flexibility index (Phi) is 2.80. The van der Waals surface area contributed by atoms with Crippen molar-refractivity contribution in [3.8, 4) is 11.5 Å². The Labute approximate surface area is 72.3 Å². The summed E-state index contributed by atoms with van der Waals surface area (Å²) in [5, 5.41) is 2.77. The first-order valence-corrected chi connectivity index (χ1v) is 3.57. The zero-order valence-electron chi connectivity index (χ0n) is 7.26. The summed E-state index contributed by atoms with van der Waals surface area (Å²) in [5.41, 5.74) is 0.817. The molecule has 0 spiro atoms. The van der Waals surface area contributed by atoms with Crippen LogP contribution in [0.5, 0.6) is 11.5 Å². The van der Waals surface area contributed by atoms with Crippen molar-refractivity contribution in [2.24, 2.45) is 0 Å². The molecule has 0 saturated carbocycles. The number of hydrogen-bond acceptors (Lipinski definition) is 3. The zero-order valence-corrected chi connectivity index (χ0v) is 7.26. The lowest BCUT2D eigenvalue weighted by molar-refractivity contribution is 0.356. The lowest BCUT2D eigenvalue weighted by atomic mass is 10.2. The summed E-state index contributed by atoms with van der Waals surface area (Å²) >= 11 is 0. The summed E-state index contributed by atoms with van der Waals surface area (Å²) in [7, 11) is 6.75. The third kappa shape index (κ3) is 1.44. The SMILES string of the molecule is [CH2]Nc1cccc(OC)c1OC. The highest BCUT2D eigenvalue weighted by molar-refractivity contribution is 5.63. The van der Waals surface area contributed by atoms with Crippen LogP contribution in [-0.2, 0) is 0 Å². The Morgan fingerprint density at radius 3 is 2.50 bits per heavy atom. The number of rotatable bonds is 3. The Bertz CT molecular complexity index is 238. The van der Waals surface area contributed by atoms with Crippen LogP contribution in [-0.4, -0.2) is 14.2 Å². The minimum Gasteiger partial charge on any atom is -0.493 e. The van der Waals surface area contributed by atoms with E-state index in [4.69, 9.17) is 9.47 Å². The molecule has 65 valence electrons. The molecule has 1 rings (SSSR count). The molecule has 0 unspecified atom stereocenters. The van der Waals surface area contributed by atoms with Crippen LogP contribution in [0.4, 0.5) is 5.69 Å². The van der Waals surface area contributed by atoms with Crippen molar-refractivity contribution in [3.63, 3.8) is 0 Å². The van der Waals surface area contributed by atoms with E-state index in [1.807, 2.05) is 18.2 Å². The second-order valence-corrected chi connectivity index (χ2v) is 2.22. The van der Waals surface area contributed by atoms with Crippen molar-refractivity contribution >= 4 is 5.69 Å². The fourth-order valence-electron chi connectivity index (χ4n) is 1.03. The molecular formula is C9H12NO2. The molecule has 3 nitrogen and oxygen atoms in total. The van der Waals surface area contributed by atoms with Gasteiger partial charge >= 0.3 is 0 Å². The molecule has 0 atom stereocenters. The molecule has 0 aliphatic heterocycles. The van der Waals surface area contributed by atoms with Gasteiger partial charge in [-0.2, -0.15) is 0 Å². The molecule has 0 aliphatic rings. The van der Waals surface area contributed by atoms with E-state index < -0.39 is 0 Å². The Morgan fingerprint density at radius 1 is 1.25 bits per heavy atom. The van der Waals surface area contributed by atoms with E-state index >= 15 is 0 Å². The van der Waals surface area contributed by atoms with Gasteiger partial charge in [0.05, 0.1) is 19.9 Å². The summed E-state index contributed by atoms with van der Waals surface area (Å²) in [6, 6.07) is 5.57. The number of ether oxygens (including phenoxy) is 2. The first kappa shape index (κ1) is 8.71. The number of para-hydroxylation sites is 1. The van der Waals surface area contributed by atoms with Gasteiger partial charge in [0, 0.05) is 7.05 Å². The normalized spacial score (nSPS) is 9.25. The zero-order chi connectivity index (χ0) is 8.97. The van der Waals surface area contributed by atoms with Crippen molar-refractivity contribution in [1.82, 2.24) is 0 Å². The second-order valence-electron chi connectivity index (χ2n) is 2.22. The van der Waals surface area contributed by atoms with Crippen molar-refractivity contribution in [2.45, 2.75) is 0 Å². The minimum atomic E-state index is 0.676. The minimum absolute atomic E-state index is 0.676. The number of nitrogens with one attached hydrogen (secondary N) is 1. The van der Waals surface area contributed by atoms with Gasteiger partial charge in [-0.05, 0) is 12.1 Å². The topological polar surface area (TPSA) is 30.5 Å². The van der Waals surface area contributed by atoms with Crippen molar-refractivity contribution < 1.29 is 9.47 Å². The van der Waals surface area contributed by atoms with E-state index in [1.165, 1.54) is 0 Å². The van der Waals surface area contributed by atoms with Gasteiger partial charge in [0.15, 0.2) is 11.5 Å². The summed E-state index contributed by atoms with van der Waals surface area (Å²) in [6.45, 7) is 0. The van der Waals surface area contributed by atoms with Crippen LogP contribution in [0.15, 0.2) is 18.2 Å². The molecule has 1 N–H and O–H groups in total. The van der Waals surface area contributed by atoms with Crippen molar-refractivity contribution in [3.05, 3.63) is 25.2 Å². The largest absolute Gasteiger partial charge is 0.493 e. The predicted molar refractivity (Wildman–Crippen MR) is 48.5 cm³/mol. The number of hydrogen-bond donors (Lipinski definition) is 1. The van der Waals surface area contributed by atoms with E-state index in [9.17, 15) is 0 Å². The predicted octanol–water partition coefficient (Wildman–Crippen LogP) is 1.91. The Morgan fingerprint density at radius 2 is 2.00 bits per heavy atom. The van der Waals surface area contributed by atoms with Gasteiger partial charge < -0.3 is 14.8 Å². The fourth-order valence-corrected chi connectivity index (χ4v) is 1.03. The summed E-state index contributed by atoms with van der Waals surface area (Å²) in [4.78, 5) is 0. The van der Waals surface area contributed by atoms with Gasteiger partial charge in [-0.25, -0.2) is 0 Å². The van der Waals surface area contributed by atoms with Crippen LogP contribution in [0.3, 0.4) is 0 Å². The number of methoxy groups -OCH3 is 2. The molecular weight excluding hydrogens is 154 g/mol. The van der Waals surface area contributed by atoms with E-state index in [-0.39, 0.29) is 0 Å². The summed E-state index contributed by atoms with van der Waals surface area (Å²) < 4.78 is 10.2. The lowest BCUT2D eigenvalue weighted by Gasteiger charge is -2.11.